The van der Waals surface area contributed by atoms with Crippen molar-refractivity contribution in [2.24, 2.45) is 11.8 Å². The topological polar surface area (TPSA) is 0 Å². The van der Waals surface area contributed by atoms with Gasteiger partial charge in [0.2, 0.25) is 0 Å². The lowest BCUT2D eigenvalue weighted by atomic mass is 9.88. The lowest BCUT2D eigenvalue weighted by Crippen LogP contribution is -2.04. The number of aryl methyl sites for hydroxylation is 1. The number of benzene rings is 1. The van der Waals surface area contributed by atoms with E-state index in [1.54, 1.807) is 6.07 Å². The fourth-order valence-electron chi connectivity index (χ4n) is 3.78. The van der Waals surface area contributed by atoms with Crippen molar-refractivity contribution in [2.75, 3.05) is 0 Å². The van der Waals surface area contributed by atoms with Crippen LogP contribution in [0.15, 0.2) is 30.4 Å². The van der Waals surface area contributed by atoms with Crippen molar-refractivity contribution in [3.8, 4) is 0 Å². The fraction of sp³-hybridized carbons (Fsp3) is 0.652. The summed E-state index contributed by atoms with van der Waals surface area (Å²) >= 11 is 0. The third-order valence-corrected chi connectivity index (χ3v) is 5.07. The largest absolute Gasteiger partial charge is 0.204 e. The molecule has 142 valence electrons. The first-order chi connectivity index (χ1) is 12.1. The van der Waals surface area contributed by atoms with E-state index in [0.29, 0.717) is 0 Å². The molecule has 0 aliphatic rings. The molecule has 0 nitrogen and oxygen atoms in total. The zero-order valence-corrected chi connectivity index (χ0v) is 16.4. The van der Waals surface area contributed by atoms with Crippen LogP contribution >= 0.6 is 0 Å². The van der Waals surface area contributed by atoms with E-state index in [9.17, 15) is 8.78 Å². The van der Waals surface area contributed by atoms with Crippen LogP contribution in [0.25, 0.3) is 0 Å². The van der Waals surface area contributed by atoms with Crippen molar-refractivity contribution in [2.45, 2.75) is 85.0 Å². The van der Waals surface area contributed by atoms with Gasteiger partial charge in [-0.1, -0.05) is 70.6 Å². The molecular weight excluding hydrogens is 314 g/mol. The van der Waals surface area contributed by atoms with Crippen LogP contribution in [0.1, 0.15) is 84.1 Å². The zero-order valence-electron chi connectivity index (χ0n) is 16.4. The molecule has 2 atom stereocenters. The number of hydrogen-bond donors (Lipinski definition) is 0. The Kier molecular flexibility index (Phi) is 11.4. The molecule has 0 aliphatic carbocycles. The second kappa shape index (κ2) is 13.1. The average molecular weight is 351 g/mol. The molecule has 2 unspecified atom stereocenters. The summed E-state index contributed by atoms with van der Waals surface area (Å²) in [4.78, 5) is 0. The van der Waals surface area contributed by atoms with Crippen LogP contribution in [0.5, 0.6) is 0 Å². The van der Waals surface area contributed by atoms with Crippen LogP contribution in [-0.4, -0.2) is 0 Å². The maximum atomic E-state index is 13.3. The predicted molar refractivity (Wildman–Crippen MR) is 105 cm³/mol. The summed E-state index contributed by atoms with van der Waals surface area (Å²) in [6, 6.07) is 4.29. The highest BCUT2D eigenvalue weighted by atomic mass is 19.2. The second-order valence-electron chi connectivity index (χ2n) is 7.30. The minimum absolute atomic E-state index is 0.728. The first-order valence-electron chi connectivity index (χ1n) is 10.2. The van der Waals surface area contributed by atoms with E-state index in [4.69, 9.17) is 0 Å². The highest BCUT2D eigenvalue weighted by Gasteiger charge is 2.10. The molecule has 0 N–H and O–H groups in total. The summed E-state index contributed by atoms with van der Waals surface area (Å²) in [5, 5.41) is 0. The molecule has 1 aromatic rings. The van der Waals surface area contributed by atoms with E-state index >= 15 is 0 Å². The Balaban J connectivity index is 2.36. The minimum atomic E-state index is -0.754. The molecule has 0 saturated carbocycles. The van der Waals surface area contributed by atoms with Crippen LogP contribution in [0.2, 0.25) is 0 Å². The van der Waals surface area contributed by atoms with Gasteiger partial charge in [-0.15, -0.1) is 0 Å². The van der Waals surface area contributed by atoms with Gasteiger partial charge in [0.15, 0.2) is 11.6 Å². The molecule has 0 spiro atoms. The van der Waals surface area contributed by atoms with Gasteiger partial charge < -0.3 is 0 Å². The Morgan fingerprint density at radius 2 is 1.60 bits per heavy atom. The maximum Gasteiger partial charge on any atom is 0.159 e. The third kappa shape index (κ3) is 9.18. The summed E-state index contributed by atoms with van der Waals surface area (Å²) in [6.07, 6.45) is 16.6. The molecule has 0 saturated heterocycles. The predicted octanol–water partition coefficient (Wildman–Crippen LogP) is 7.87. The summed E-state index contributed by atoms with van der Waals surface area (Å²) in [5.74, 6) is 0.0200. The van der Waals surface area contributed by atoms with Gasteiger partial charge in [0.1, 0.15) is 0 Å². The van der Waals surface area contributed by atoms with Crippen LogP contribution in [0, 0.1) is 23.5 Å². The third-order valence-electron chi connectivity index (χ3n) is 5.07. The molecule has 1 aromatic carbocycles. The highest BCUT2D eigenvalue weighted by molar-refractivity contribution is 5.17. The molecule has 0 amide bonds. The number of rotatable bonds is 13. The van der Waals surface area contributed by atoms with Gasteiger partial charge in [-0.05, 0) is 62.1 Å². The standard InChI is InChI=1S/C23H36F2/c1-4-9-19(10-5-2)12-7-13-20(11-6-3)14-8-15-21-16-17-22(24)23(25)18-21/h4,9,16-20H,5-8,10-15H2,1-3H3. The van der Waals surface area contributed by atoms with Crippen LogP contribution in [0.4, 0.5) is 8.78 Å². The molecule has 2 heteroatoms. The lowest BCUT2D eigenvalue weighted by molar-refractivity contribution is 0.373. The summed E-state index contributed by atoms with van der Waals surface area (Å²) in [7, 11) is 0. The molecule has 0 bridgehead atoms. The monoisotopic (exact) mass is 350 g/mol. The summed E-state index contributed by atoms with van der Waals surface area (Å²) in [6.45, 7) is 6.62. The van der Waals surface area contributed by atoms with Crippen LogP contribution in [0.3, 0.4) is 0 Å². The lowest BCUT2D eigenvalue weighted by Gasteiger charge is -2.18. The molecule has 0 heterocycles. The van der Waals surface area contributed by atoms with Gasteiger partial charge in [0.05, 0.1) is 0 Å². The number of allylic oxidation sites excluding steroid dienone is 2. The maximum absolute atomic E-state index is 13.3. The van der Waals surface area contributed by atoms with E-state index < -0.39 is 11.6 Å². The molecular formula is C23H36F2. The normalized spacial score (nSPS) is 14.1. The fourth-order valence-corrected chi connectivity index (χ4v) is 3.78. The Hall–Kier alpha value is -1.18. The van der Waals surface area contributed by atoms with Crippen LogP contribution < -0.4 is 0 Å². The van der Waals surface area contributed by atoms with Gasteiger partial charge in [0, 0.05) is 0 Å². The highest BCUT2D eigenvalue weighted by Crippen LogP contribution is 2.25. The van der Waals surface area contributed by atoms with Gasteiger partial charge >= 0.3 is 0 Å². The van der Waals surface area contributed by atoms with Gasteiger partial charge in [-0.3, -0.25) is 0 Å². The average Bonchev–Trinajstić information content (AvgIpc) is 2.58. The smallest absolute Gasteiger partial charge is 0.159 e. The molecule has 0 aromatic heterocycles. The Morgan fingerprint density at radius 1 is 0.880 bits per heavy atom. The molecule has 1 rings (SSSR count). The number of halogens is 2. The molecule has 25 heavy (non-hydrogen) atoms. The molecule has 0 aliphatic heterocycles. The molecule has 0 radical (unpaired) electrons. The Bertz CT molecular complexity index is 493. The van der Waals surface area contributed by atoms with Crippen molar-refractivity contribution in [1.82, 2.24) is 0 Å². The van der Waals surface area contributed by atoms with Crippen molar-refractivity contribution in [3.63, 3.8) is 0 Å². The SMILES string of the molecule is CC=CC(CCC)CCCC(CCC)CCCc1ccc(F)c(F)c1. The zero-order chi connectivity index (χ0) is 18.5. The van der Waals surface area contributed by atoms with Gasteiger partial charge in [-0.25, -0.2) is 8.78 Å². The Morgan fingerprint density at radius 3 is 2.24 bits per heavy atom. The summed E-state index contributed by atoms with van der Waals surface area (Å²) in [5.41, 5.74) is 0.908. The van der Waals surface area contributed by atoms with Crippen LogP contribution in [-0.2, 0) is 6.42 Å². The molecule has 0 fully saturated rings. The number of hydrogen-bond acceptors (Lipinski definition) is 0. The van der Waals surface area contributed by atoms with Crippen molar-refractivity contribution in [1.29, 1.82) is 0 Å². The van der Waals surface area contributed by atoms with Crippen molar-refractivity contribution < 1.29 is 8.78 Å². The first-order valence-corrected chi connectivity index (χ1v) is 10.2. The van der Waals surface area contributed by atoms with Gasteiger partial charge in [-0.2, -0.15) is 0 Å². The second-order valence-corrected chi connectivity index (χ2v) is 7.30. The Labute approximate surface area is 153 Å². The summed E-state index contributed by atoms with van der Waals surface area (Å²) < 4.78 is 26.3. The minimum Gasteiger partial charge on any atom is -0.204 e. The van der Waals surface area contributed by atoms with E-state index in [0.717, 1.165) is 30.2 Å². The van der Waals surface area contributed by atoms with E-state index in [1.165, 1.54) is 63.5 Å². The first kappa shape index (κ1) is 21.9. The van der Waals surface area contributed by atoms with E-state index in [-0.39, 0.29) is 0 Å². The van der Waals surface area contributed by atoms with E-state index in [1.807, 2.05) is 0 Å². The van der Waals surface area contributed by atoms with Crippen molar-refractivity contribution in [3.05, 3.63) is 47.5 Å². The quantitative estimate of drug-likeness (QED) is 0.317. The van der Waals surface area contributed by atoms with Gasteiger partial charge in [0.25, 0.3) is 0 Å². The van der Waals surface area contributed by atoms with Crippen molar-refractivity contribution >= 4 is 0 Å². The van der Waals surface area contributed by atoms with E-state index in [2.05, 4.69) is 32.9 Å².